The number of para-hydroxylation sites is 5. The molecule has 2 aromatic heterocycles. The zero-order chi connectivity index (χ0) is 50.2. The molecule has 1 aliphatic carbocycles. The van der Waals surface area contributed by atoms with Crippen LogP contribution in [0.3, 0.4) is 0 Å². The summed E-state index contributed by atoms with van der Waals surface area (Å²) < 4.78 is 5.03. The maximum atomic E-state index is 2.60. The van der Waals surface area contributed by atoms with Crippen LogP contribution in [0.2, 0.25) is 0 Å². The second-order valence-corrected chi connectivity index (χ2v) is 24.1. The molecule has 0 bridgehead atoms. The van der Waals surface area contributed by atoms with Crippen LogP contribution in [-0.4, -0.2) is 17.2 Å². The fraction of sp³-hybridized carbons (Fsp3) is 0.0137. The molecule has 12 aromatic carbocycles. The normalized spacial score (nSPS) is 12.8. The van der Waals surface area contributed by atoms with Gasteiger partial charge in [0.25, 0.3) is 0 Å². The highest BCUT2D eigenvalue weighted by molar-refractivity contribution is 7.20. The van der Waals surface area contributed by atoms with Gasteiger partial charge >= 0.3 is 0 Å². The van der Waals surface area contributed by atoms with Crippen LogP contribution in [0.15, 0.2) is 303 Å². The number of fused-ring (bicyclic) bond motifs is 9. The van der Waals surface area contributed by atoms with Gasteiger partial charge < -0.3 is 9.13 Å². The highest BCUT2D eigenvalue weighted by Gasteiger charge is 2.48. The molecule has 0 atom stereocenters. The minimum atomic E-state index is -3.26. The Kier molecular flexibility index (Phi) is 10.2. The van der Waals surface area contributed by atoms with Gasteiger partial charge in [0.2, 0.25) is 0 Å². The number of aromatic nitrogens is 2. The molecule has 0 saturated carbocycles. The average Bonchev–Trinajstić information content (AvgIpc) is 4.28. The summed E-state index contributed by atoms with van der Waals surface area (Å²) in [5.41, 5.74) is 16.5. The van der Waals surface area contributed by atoms with Gasteiger partial charge in [0.1, 0.15) is 0 Å². The van der Waals surface area contributed by atoms with Crippen molar-refractivity contribution in [2.75, 3.05) is 0 Å². The molecule has 0 spiro atoms. The SMILES string of the molecule is c1ccc(C2(c3cccc([Si](c4ccccc4)(c4ccccc4)c4ccc(-c5ccccc5-n5c6ccccc6c6ccccc65)c(-n5c6ccccc6c6ccccc65)c4)c3)c3ccccc3-c3ccccc32)cc1. The van der Waals surface area contributed by atoms with E-state index in [1.165, 1.54) is 97.7 Å². The summed E-state index contributed by atoms with van der Waals surface area (Å²) in [4.78, 5) is 0. The molecule has 0 N–H and O–H groups in total. The highest BCUT2D eigenvalue weighted by atomic mass is 28.3. The summed E-state index contributed by atoms with van der Waals surface area (Å²) in [7, 11) is -3.26. The van der Waals surface area contributed by atoms with Crippen LogP contribution >= 0.6 is 0 Å². The number of hydrogen-bond donors (Lipinski definition) is 0. The van der Waals surface area contributed by atoms with Crippen LogP contribution in [-0.2, 0) is 5.41 Å². The van der Waals surface area contributed by atoms with E-state index < -0.39 is 13.5 Å². The molecule has 0 aliphatic heterocycles. The van der Waals surface area contributed by atoms with E-state index in [1.807, 2.05) is 0 Å². The van der Waals surface area contributed by atoms with Crippen molar-refractivity contribution in [3.63, 3.8) is 0 Å². The van der Waals surface area contributed by atoms with Crippen LogP contribution in [0.1, 0.15) is 22.3 Å². The standard InChI is InChI=1S/C73H50N2Si/c1-4-25-51(26-5-1)73(65-40-17-10-33-57(65)58-34-11-18-41-66(58)73)52-27-24-32-55(49-52)76(53-28-6-2-7-29-53,54-30-8-3-9-31-54)56-47-48-64(72(50-56)75-70-45-22-14-37-61(70)62-38-15-23-46-71(62)75)63-39-16-21-44-69(63)74-67-42-19-12-35-59(67)60-36-13-20-43-68(60)74/h1-50H. The Bertz CT molecular complexity index is 4340. The van der Waals surface area contributed by atoms with Crippen molar-refractivity contribution < 1.29 is 0 Å². The highest BCUT2D eigenvalue weighted by Crippen LogP contribution is 2.56. The zero-order valence-corrected chi connectivity index (χ0v) is 42.8. The lowest BCUT2D eigenvalue weighted by Crippen LogP contribution is -2.74. The minimum Gasteiger partial charge on any atom is -0.309 e. The molecule has 15 rings (SSSR count). The molecule has 0 fully saturated rings. The third kappa shape index (κ3) is 6.33. The zero-order valence-electron chi connectivity index (χ0n) is 41.8. The van der Waals surface area contributed by atoms with E-state index in [-0.39, 0.29) is 0 Å². The Balaban J connectivity index is 1.07. The summed E-state index contributed by atoms with van der Waals surface area (Å²) >= 11 is 0. The summed E-state index contributed by atoms with van der Waals surface area (Å²) in [6, 6.07) is 114. The van der Waals surface area contributed by atoms with Crippen LogP contribution in [0.25, 0.3) is 77.2 Å². The van der Waals surface area contributed by atoms with Gasteiger partial charge in [-0.25, -0.2) is 0 Å². The molecule has 14 aromatic rings. The number of rotatable bonds is 9. The van der Waals surface area contributed by atoms with Gasteiger partial charge in [-0.2, -0.15) is 0 Å². The first-order chi connectivity index (χ1) is 37.7. The monoisotopic (exact) mass is 982 g/mol. The lowest BCUT2D eigenvalue weighted by atomic mass is 9.68. The molecule has 76 heavy (non-hydrogen) atoms. The molecule has 1 aliphatic rings. The van der Waals surface area contributed by atoms with Gasteiger partial charge in [-0.05, 0) is 90.5 Å². The Hall–Kier alpha value is -9.54. The van der Waals surface area contributed by atoms with Crippen molar-refractivity contribution in [1.82, 2.24) is 9.13 Å². The van der Waals surface area contributed by atoms with Gasteiger partial charge in [-0.1, -0.05) is 267 Å². The van der Waals surface area contributed by atoms with E-state index in [4.69, 9.17) is 0 Å². The molecule has 356 valence electrons. The molecule has 3 heteroatoms. The summed E-state index contributed by atoms with van der Waals surface area (Å²) in [5, 5.41) is 10.2. The molecule has 0 unspecified atom stereocenters. The van der Waals surface area contributed by atoms with Crippen molar-refractivity contribution in [2.24, 2.45) is 0 Å². The molecule has 0 saturated heterocycles. The third-order valence-corrected chi connectivity index (χ3v) is 21.3. The van der Waals surface area contributed by atoms with Gasteiger partial charge in [0.05, 0.1) is 38.9 Å². The molecule has 0 amide bonds. The summed E-state index contributed by atoms with van der Waals surface area (Å²) in [5.74, 6) is 0. The van der Waals surface area contributed by atoms with Gasteiger partial charge in [-0.15, -0.1) is 0 Å². The molecule has 2 heterocycles. The van der Waals surface area contributed by atoms with Gasteiger partial charge in [0, 0.05) is 32.7 Å². The van der Waals surface area contributed by atoms with E-state index in [9.17, 15) is 0 Å². The maximum absolute atomic E-state index is 3.26. The Morgan fingerprint density at radius 2 is 0.605 bits per heavy atom. The smallest absolute Gasteiger partial charge is 0.179 e. The Morgan fingerprint density at radius 3 is 1.13 bits per heavy atom. The molecule has 0 radical (unpaired) electrons. The fourth-order valence-corrected chi connectivity index (χ4v) is 18.3. The lowest BCUT2D eigenvalue weighted by Gasteiger charge is -2.38. The van der Waals surface area contributed by atoms with E-state index in [1.54, 1.807) is 0 Å². The van der Waals surface area contributed by atoms with E-state index in [0.717, 1.165) is 22.5 Å². The molecule has 2 nitrogen and oxygen atoms in total. The third-order valence-electron chi connectivity index (χ3n) is 16.6. The first-order valence-corrected chi connectivity index (χ1v) is 28.4. The first-order valence-electron chi connectivity index (χ1n) is 26.4. The Labute approximate surface area is 443 Å². The molecular formula is C73H50N2Si. The van der Waals surface area contributed by atoms with Crippen molar-refractivity contribution in [3.05, 3.63) is 326 Å². The van der Waals surface area contributed by atoms with Crippen molar-refractivity contribution in [2.45, 2.75) is 5.41 Å². The van der Waals surface area contributed by atoms with E-state index in [2.05, 4.69) is 312 Å². The quantitative estimate of drug-likeness (QED) is 0.101. The predicted molar refractivity (Wildman–Crippen MR) is 321 cm³/mol. The Morgan fingerprint density at radius 1 is 0.237 bits per heavy atom. The van der Waals surface area contributed by atoms with Crippen molar-refractivity contribution >= 4 is 72.4 Å². The van der Waals surface area contributed by atoms with Crippen molar-refractivity contribution in [3.8, 4) is 33.6 Å². The topological polar surface area (TPSA) is 9.86 Å². The fourth-order valence-electron chi connectivity index (χ4n) is 13.5. The summed E-state index contributed by atoms with van der Waals surface area (Å²) in [6.07, 6.45) is 0. The summed E-state index contributed by atoms with van der Waals surface area (Å²) in [6.45, 7) is 0. The molecular weight excluding hydrogens is 933 g/mol. The van der Waals surface area contributed by atoms with Crippen LogP contribution in [0, 0.1) is 0 Å². The van der Waals surface area contributed by atoms with Crippen LogP contribution < -0.4 is 20.7 Å². The predicted octanol–water partition coefficient (Wildman–Crippen LogP) is 15.3. The van der Waals surface area contributed by atoms with E-state index in [0.29, 0.717) is 0 Å². The van der Waals surface area contributed by atoms with Crippen LogP contribution in [0.4, 0.5) is 0 Å². The average molecular weight is 983 g/mol. The second kappa shape index (κ2) is 17.6. The van der Waals surface area contributed by atoms with Crippen molar-refractivity contribution in [1.29, 1.82) is 0 Å². The van der Waals surface area contributed by atoms with Gasteiger partial charge in [-0.3, -0.25) is 0 Å². The lowest BCUT2D eigenvalue weighted by molar-refractivity contribution is 0.769. The number of benzene rings is 12. The first kappa shape index (κ1) is 44.0. The number of nitrogens with zero attached hydrogens (tertiary/aromatic N) is 2. The maximum Gasteiger partial charge on any atom is 0.179 e. The van der Waals surface area contributed by atoms with Crippen LogP contribution in [0.5, 0.6) is 0 Å². The second-order valence-electron chi connectivity index (χ2n) is 20.3. The number of hydrogen-bond acceptors (Lipinski definition) is 0. The largest absolute Gasteiger partial charge is 0.309 e. The van der Waals surface area contributed by atoms with Gasteiger partial charge in [0.15, 0.2) is 8.07 Å². The minimum absolute atomic E-state index is 0.563. The van der Waals surface area contributed by atoms with E-state index >= 15 is 0 Å².